The van der Waals surface area contributed by atoms with E-state index in [1.165, 1.54) is 11.3 Å². The molecular weight excluding hydrogens is 293 g/mol. The van der Waals surface area contributed by atoms with Gasteiger partial charge in [-0.05, 0) is 12.1 Å². The van der Waals surface area contributed by atoms with Crippen LogP contribution in [0.25, 0.3) is 0 Å². The first-order valence-electron chi connectivity index (χ1n) is 5.40. The Labute approximate surface area is 118 Å². The molecule has 3 heterocycles. The molecule has 0 saturated heterocycles. The summed E-state index contributed by atoms with van der Waals surface area (Å²) in [5, 5.41) is 4.18. The molecule has 0 aliphatic carbocycles. The van der Waals surface area contributed by atoms with E-state index in [1.54, 1.807) is 17.2 Å². The zero-order chi connectivity index (χ0) is 12.7. The highest BCUT2D eigenvalue weighted by atomic mass is 35.5. The van der Waals surface area contributed by atoms with E-state index in [4.69, 9.17) is 23.2 Å². The van der Waals surface area contributed by atoms with Crippen molar-refractivity contribution in [1.29, 1.82) is 0 Å². The van der Waals surface area contributed by atoms with Crippen molar-refractivity contribution in [1.82, 2.24) is 14.7 Å². The van der Waals surface area contributed by atoms with E-state index in [0.717, 1.165) is 5.69 Å². The molecule has 2 aromatic rings. The van der Waals surface area contributed by atoms with E-state index in [-0.39, 0.29) is 5.91 Å². The van der Waals surface area contributed by atoms with E-state index in [9.17, 15) is 4.79 Å². The average molecular weight is 302 g/mol. The lowest BCUT2D eigenvalue weighted by atomic mass is 10.2. The van der Waals surface area contributed by atoms with Crippen LogP contribution in [0.1, 0.15) is 16.1 Å². The Morgan fingerprint density at radius 1 is 1.39 bits per heavy atom. The van der Waals surface area contributed by atoms with Crippen molar-refractivity contribution in [2.75, 3.05) is 6.54 Å². The van der Waals surface area contributed by atoms with Crippen molar-refractivity contribution in [3.8, 4) is 0 Å². The molecule has 94 valence electrons. The van der Waals surface area contributed by atoms with Crippen molar-refractivity contribution in [2.45, 2.75) is 13.1 Å². The topological polar surface area (TPSA) is 38.1 Å². The van der Waals surface area contributed by atoms with Crippen molar-refractivity contribution >= 4 is 40.4 Å². The maximum absolute atomic E-state index is 12.3. The molecule has 0 N–H and O–H groups in total. The monoisotopic (exact) mass is 301 g/mol. The Bertz CT molecular complexity index is 607. The van der Waals surface area contributed by atoms with Crippen molar-refractivity contribution in [2.24, 2.45) is 0 Å². The number of carbonyl (C=O) groups is 1. The summed E-state index contributed by atoms with van der Waals surface area (Å²) in [4.78, 5) is 14.1. The zero-order valence-corrected chi connectivity index (χ0v) is 11.6. The number of hydrogen-bond donors (Lipinski definition) is 0. The van der Waals surface area contributed by atoms with Crippen LogP contribution in [0.3, 0.4) is 0 Å². The summed E-state index contributed by atoms with van der Waals surface area (Å²) in [5.74, 6) is -0.0735. The molecule has 0 aromatic carbocycles. The second-order valence-electron chi connectivity index (χ2n) is 4.01. The Balaban J connectivity index is 1.85. The molecule has 1 aliphatic rings. The fraction of sp³-hybridized carbons (Fsp3) is 0.273. The zero-order valence-electron chi connectivity index (χ0n) is 9.27. The van der Waals surface area contributed by atoms with Gasteiger partial charge in [0.15, 0.2) is 0 Å². The maximum Gasteiger partial charge on any atom is 0.256 e. The Hall–Kier alpha value is -1.04. The molecule has 0 radical (unpaired) electrons. The molecule has 0 spiro atoms. The molecular formula is C11H9Cl2N3OS. The lowest BCUT2D eigenvalue weighted by molar-refractivity contribution is 0.0707. The number of thiophene rings is 1. The Morgan fingerprint density at radius 3 is 2.94 bits per heavy atom. The SMILES string of the molecule is O=C(c1cc(Cl)sc1Cl)N1CCn2nccc2C1. The third-order valence-corrected chi connectivity index (χ3v) is 4.40. The summed E-state index contributed by atoms with van der Waals surface area (Å²) in [6.07, 6.45) is 1.75. The number of aromatic nitrogens is 2. The van der Waals surface area contributed by atoms with Gasteiger partial charge >= 0.3 is 0 Å². The van der Waals surface area contributed by atoms with Gasteiger partial charge in [-0.2, -0.15) is 5.10 Å². The van der Waals surface area contributed by atoms with Gasteiger partial charge in [-0.1, -0.05) is 23.2 Å². The summed E-state index contributed by atoms with van der Waals surface area (Å²) < 4.78 is 2.89. The van der Waals surface area contributed by atoms with E-state index < -0.39 is 0 Å². The van der Waals surface area contributed by atoms with Gasteiger partial charge in [-0.3, -0.25) is 9.48 Å². The summed E-state index contributed by atoms with van der Waals surface area (Å²) in [5.41, 5.74) is 1.52. The molecule has 0 unspecified atom stereocenters. The van der Waals surface area contributed by atoms with Crippen LogP contribution in [-0.4, -0.2) is 27.1 Å². The number of fused-ring (bicyclic) bond motifs is 1. The largest absolute Gasteiger partial charge is 0.331 e. The second-order valence-corrected chi connectivity index (χ2v) is 6.30. The molecule has 2 aromatic heterocycles. The first-order chi connectivity index (χ1) is 8.65. The first-order valence-corrected chi connectivity index (χ1v) is 6.97. The van der Waals surface area contributed by atoms with Gasteiger partial charge in [0.1, 0.15) is 4.34 Å². The standard InChI is InChI=1S/C11H9Cl2N3OS/c12-9-5-8(10(13)18-9)11(17)15-3-4-16-7(6-15)1-2-14-16/h1-2,5H,3-4,6H2. The first kappa shape index (κ1) is 12.0. The van der Waals surface area contributed by atoms with Crippen LogP contribution in [0.4, 0.5) is 0 Å². The second kappa shape index (κ2) is 4.57. The van der Waals surface area contributed by atoms with Crippen LogP contribution in [-0.2, 0) is 13.1 Å². The lowest BCUT2D eigenvalue weighted by Crippen LogP contribution is -2.38. The van der Waals surface area contributed by atoms with Crippen LogP contribution in [0, 0.1) is 0 Å². The molecule has 0 bridgehead atoms. The quantitative estimate of drug-likeness (QED) is 0.812. The van der Waals surface area contributed by atoms with Gasteiger partial charge in [-0.25, -0.2) is 0 Å². The molecule has 0 saturated carbocycles. The minimum absolute atomic E-state index is 0.0735. The number of halogens is 2. The van der Waals surface area contributed by atoms with Gasteiger partial charge in [0.05, 0.1) is 28.7 Å². The number of rotatable bonds is 1. The lowest BCUT2D eigenvalue weighted by Gasteiger charge is -2.27. The third-order valence-electron chi connectivity index (χ3n) is 2.91. The molecule has 1 amide bonds. The highest BCUT2D eigenvalue weighted by molar-refractivity contribution is 7.20. The molecule has 1 aliphatic heterocycles. The van der Waals surface area contributed by atoms with Crippen molar-refractivity contribution in [3.63, 3.8) is 0 Å². The molecule has 0 atom stereocenters. The van der Waals surface area contributed by atoms with Gasteiger partial charge in [0.2, 0.25) is 0 Å². The summed E-state index contributed by atoms with van der Waals surface area (Å²) >= 11 is 13.1. The number of carbonyl (C=O) groups excluding carboxylic acids is 1. The van der Waals surface area contributed by atoms with Crippen LogP contribution >= 0.6 is 34.5 Å². The van der Waals surface area contributed by atoms with E-state index in [2.05, 4.69) is 5.10 Å². The summed E-state index contributed by atoms with van der Waals surface area (Å²) in [6, 6.07) is 3.55. The molecule has 4 nitrogen and oxygen atoms in total. The van der Waals surface area contributed by atoms with Crippen LogP contribution in [0.5, 0.6) is 0 Å². The summed E-state index contributed by atoms with van der Waals surface area (Å²) in [7, 11) is 0. The predicted octanol–water partition coefficient (Wildman–Crippen LogP) is 2.91. The van der Waals surface area contributed by atoms with Crippen LogP contribution in [0.2, 0.25) is 8.67 Å². The molecule has 18 heavy (non-hydrogen) atoms. The van der Waals surface area contributed by atoms with Crippen molar-refractivity contribution in [3.05, 3.63) is 38.3 Å². The molecule has 3 rings (SSSR count). The van der Waals surface area contributed by atoms with Crippen molar-refractivity contribution < 1.29 is 4.79 Å². The maximum atomic E-state index is 12.3. The Morgan fingerprint density at radius 2 is 2.22 bits per heavy atom. The Kier molecular flexibility index (Phi) is 3.05. The predicted molar refractivity (Wildman–Crippen MR) is 71.3 cm³/mol. The molecule has 7 heteroatoms. The normalized spacial score (nSPS) is 14.7. The van der Waals surface area contributed by atoms with E-state index in [1.807, 2.05) is 10.7 Å². The third kappa shape index (κ3) is 2.02. The van der Waals surface area contributed by atoms with Gasteiger partial charge < -0.3 is 4.90 Å². The number of amides is 1. The average Bonchev–Trinajstić information content (AvgIpc) is 2.93. The minimum Gasteiger partial charge on any atom is -0.331 e. The summed E-state index contributed by atoms with van der Waals surface area (Å²) in [6.45, 7) is 1.91. The van der Waals surface area contributed by atoms with Crippen LogP contribution in [0.15, 0.2) is 18.3 Å². The molecule has 0 fully saturated rings. The van der Waals surface area contributed by atoms with Gasteiger partial charge in [-0.15, -0.1) is 11.3 Å². The smallest absolute Gasteiger partial charge is 0.256 e. The fourth-order valence-electron chi connectivity index (χ4n) is 2.02. The van der Waals surface area contributed by atoms with E-state index >= 15 is 0 Å². The highest BCUT2D eigenvalue weighted by Gasteiger charge is 2.24. The number of nitrogens with zero attached hydrogens (tertiary/aromatic N) is 3. The minimum atomic E-state index is -0.0735. The number of hydrogen-bond acceptors (Lipinski definition) is 3. The highest BCUT2D eigenvalue weighted by Crippen LogP contribution is 2.32. The van der Waals surface area contributed by atoms with Gasteiger partial charge in [0.25, 0.3) is 5.91 Å². The van der Waals surface area contributed by atoms with E-state index in [0.29, 0.717) is 33.9 Å². The van der Waals surface area contributed by atoms with Gasteiger partial charge in [0, 0.05) is 12.7 Å². The fourth-order valence-corrected chi connectivity index (χ4v) is 3.46. The van der Waals surface area contributed by atoms with Crippen LogP contribution < -0.4 is 0 Å².